The second-order valence-electron chi connectivity index (χ2n) is 6.57. The summed E-state index contributed by atoms with van der Waals surface area (Å²) in [4.78, 5) is 0. The van der Waals surface area contributed by atoms with Crippen LogP contribution in [-0.2, 0) is 6.42 Å². The van der Waals surface area contributed by atoms with E-state index in [4.69, 9.17) is 0 Å². The van der Waals surface area contributed by atoms with Crippen molar-refractivity contribution in [3.05, 3.63) is 29.8 Å². The Hall–Kier alpha value is -0.980. The van der Waals surface area contributed by atoms with Crippen molar-refractivity contribution in [1.82, 2.24) is 0 Å². The molecule has 0 bridgehead atoms. The maximum atomic E-state index is 3.89. The van der Waals surface area contributed by atoms with E-state index in [0.717, 1.165) is 6.04 Å². The van der Waals surface area contributed by atoms with E-state index in [9.17, 15) is 0 Å². The lowest BCUT2D eigenvalue weighted by Crippen LogP contribution is -2.50. The van der Waals surface area contributed by atoms with Crippen LogP contribution in [0.25, 0.3) is 0 Å². The molecule has 0 aromatic heterocycles. The number of hydrogen-bond acceptors (Lipinski definition) is 1. The van der Waals surface area contributed by atoms with Crippen molar-refractivity contribution < 1.29 is 0 Å². The van der Waals surface area contributed by atoms with E-state index in [0.29, 0.717) is 5.41 Å². The SMILES string of the molecule is CCCc1ccccc1NC1CCC12CCCCC2. The van der Waals surface area contributed by atoms with Crippen LogP contribution < -0.4 is 5.32 Å². The molecular weight excluding hydrogens is 230 g/mol. The summed E-state index contributed by atoms with van der Waals surface area (Å²) >= 11 is 0. The van der Waals surface area contributed by atoms with Crippen LogP contribution in [-0.4, -0.2) is 6.04 Å². The molecule has 2 saturated carbocycles. The normalized spacial score (nSPS) is 25.0. The Morgan fingerprint density at radius 1 is 1.11 bits per heavy atom. The largest absolute Gasteiger partial charge is 0.382 e. The van der Waals surface area contributed by atoms with Gasteiger partial charge in [0.05, 0.1) is 0 Å². The Morgan fingerprint density at radius 3 is 2.58 bits per heavy atom. The summed E-state index contributed by atoms with van der Waals surface area (Å²) in [5.41, 5.74) is 3.55. The fourth-order valence-corrected chi connectivity index (χ4v) is 4.11. The second kappa shape index (κ2) is 5.56. The van der Waals surface area contributed by atoms with Gasteiger partial charge in [0.25, 0.3) is 0 Å². The van der Waals surface area contributed by atoms with Gasteiger partial charge < -0.3 is 5.32 Å². The fraction of sp³-hybridized carbons (Fsp3) is 0.667. The van der Waals surface area contributed by atoms with Gasteiger partial charge in [0, 0.05) is 11.7 Å². The van der Waals surface area contributed by atoms with Crippen molar-refractivity contribution in [2.24, 2.45) is 5.41 Å². The molecule has 0 aliphatic heterocycles. The van der Waals surface area contributed by atoms with Gasteiger partial charge in [0.15, 0.2) is 0 Å². The van der Waals surface area contributed by atoms with E-state index < -0.39 is 0 Å². The Labute approximate surface area is 117 Å². The highest BCUT2D eigenvalue weighted by atomic mass is 15.0. The number of nitrogens with one attached hydrogen (secondary N) is 1. The zero-order chi connectivity index (χ0) is 13.1. The topological polar surface area (TPSA) is 12.0 Å². The number of aryl methyl sites for hydroxylation is 1. The third-order valence-electron chi connectivity index (χ3n) is 5.39. The van der Waals surface area contributed by atoms with E-state index >= 15 is 0 Å². The molecule has 1 aromatic carbocycles. The molecule has 2 aliphatic rings. The van der Waals surface area contributed by atoms with E-state index in [1.54, 1.807) is 0 Å². The molecule has 1 atom stereocenters. The lowest BCUT2D eigenvalue weighted by Gasteiger charge is -2.53. The van der Waals surface area contributed by atoms with Crippen molar-refractivity contribution >= 4 is 5.69 Å². The first-order valence-corrected chi connectivity index (χ1v) is 8.18. The maximum Gasteiger partial charge on any atom is 0.0375 e. The highest BCUT2D eigenvalue weighted by Crippen LogP contribution is 2.52. The van der Waals surface area contributed by atoms with E-state index in [1.165, 1.54) is 69.0 Å². The minimum atomic E-state index is 0.650. The molecule has 0 heterocycles. The summed E-state index contributed by atoms with van der Waals surface area (Å²) in [5, 5.41) is 3.89. The number of anilines is 1. The van der Waals surface area contributed by atoms with Crippen molar-refractivity contribution in [3.8, 4) is 0 Å². The number of rotatable bonds is 4. The van der Waals surface area contributed by atoms with Crippen molar-refractivity contribution in [3.63, 3.8) is 0 Å². The Morgan fingerprint density at radius 2 is 1.89 bits per heavy atom. The summed E-state index contributed by atoms with van der Waals surface area (Å²) in [6.45, 7) is 2.27. The van der Waals surface area contributed by atoms with Crippen molar-refractivity contribution in [2.75, 3.05) is 5.32 Å². The Balaban J connectivity index is 1.71. The van der Waals surface area contributed by atoms with Gasteiger partial charge in [-0.05, 0) is 49.1 Å². The standard InChI is InChI=1S/C18H27N/c1-2-8-15-9-4-5-10-16(15)19-17-11-14-18(17)12-6-3-7-13-18/h4-5,9-10,17,19H,2-3,6-8,11-14H2,1H3. The van der Waals surface area contributed by atoms with Crippen LogP contribution in [0, 0.1) is 5.41 Å². The fourth-order valence-electron chi connectivity index (χ4n) is 4.11. The maximum absolute atomic E-state index is 3.89. The minimum Gasteiger partial charge on any atom is -0.382 e. The monoisotopic (exact) mass is 257 g/mol. The molecule has 2 aliphatic carbocycles. The smallest absolute Gasteiger partial charge is 0.0375 e. The van der Waals surface area contributed by atoms with E-state index in [1.807, 2.05) is 0 Å². The lowest BCUT2D eigenvalue weighted by atomic mass is 9.57. The quantitative estimate of drug-likeness (QED) is 0.785. The number of para-hydroxylation sites is 1. The molecule has 0 radical (unpaired) electrons. The van der Waals surface area contributed by atoms with E-state index in [2.05, 4.69) is 36.5 Å². The van der Waals surface area contributed by atoms with Crippen LogP contribution in [0.1, 0.15) is 63.9 Å². The molecular formula is C18H27N. The minimum absolute atomic E-state index is 0.650. The highest BCUT2D eigenvalue weighted by molar-refractivity contribution is 5.52. The second-order valence-corrected chi connectivity index (χ2v) is 6.57. The van der Waals surface area contributed by atoms with E-state index in [-0.39, 0.29) is 0 Å². The zero-order valence-corrected chi connectivity index (χ0v) is 12.3. The first-order chi connectivity index (χ1) is 9.34. The van der Waals surface area contributed by atoms with Crippen LogP contribution in [0.5, 0.6) is 0 Å². The average molecular weight is 257 g/mol. The van der Waals surface area contributed by atoms with Crippen LogP contribution in [0.2, 0.25) is 0 Å². The number of hydrogen-bond donors (Lipinski definition) is 1. The summed E-state index contributed by atoms with van der Waals surface area (Å²) < 4.78 is 0. The summed E-state index contributed by atoms with van der Waals surface area (Å²) in [6, 6.07) is 9.66. The molecule has 1 aromatic rings. The van der Waals surface area contributed by atoms with Gasteiger partial charge >= 0.3 is 0 Å². The molecule has 0 amide bonds. The molecule has 1 unspecified atom stereocenters. The third-order valence-corrected chi connectivity index (χ3v) is 5.39. The lowest BCUT2D eigenvalue weighted by molar-refractivity contribution is 0.0571. The molecule has 3 rings (SSSR count). The van der Waals surface area contributed by atoms with Crippen molar-refractivity contribution in [1.29, 1.82) is 0 Å². The molecule has 19 heavy (non-hydrogen) atoms. The molecule has 0 saturated heterocycles. The van der Waals surface area contributed by atoms with Gasteiger partial charge in [-0.3, -0.25) is 0 Å². The van der Waals surface area contributed by atoms with Crippen molar-refractivity contribution in [2.45, 2.75) is 70.8 Å². The van der Waals surface area contributed by atoms with Gasteiger partial charge in [-0.15, -0.1) is 0 Å². The average Bonchev–Trinajstić information content (AvgIpc) is 2.46. The molecule has 1 N–H and O–H groups in total. The predicted molar refractivity (Wildman–Crippen MR) is 82.6 cm³/mol. The highest BCUT2D eigenvalue weighted by Gasteiger charge is 2.46. The van der Waals surface area contributed by atoms with Gasteiger partial charge in [-0.1, -0.05) is 50.8 Å². The van der Waals surface area contributed by atoms with Crippen LogP contribution in [0.15, 0.2) is 24.3 Å². The van der Waals surface area contributed by atoms with Crippen LogP contribution in [0.3, 0.4) is 0 Å². The Bertz CT molecular complexity index is 417. The zero-order valence-electron chi connectivity index (χ0n) is 12.3. The molecule has 1 nitrogen and oxygen atoms in total. The predicted octanol–water partition coefficient (Wildman–Crippen LogP) is 5.16. The number of benzene rings is 1. The molecule has 1 heteroatoms. The van der Waals surface area contributed by atoms with Crippen LogP contribution in [0.4, 0.5) is 5.69 Å². The summed E-state index contributed by atoms with van der Waals surface area (Å²) in [5.74, 6) is 0. The molecule has 104 valence electrons. The van der Waals surface area contributed by atoms with Crippen LogP contribution >= 0.6 is 0 Å². The first kappa shape index (κ1) is 13.0. The summed E-state index contributed by atoms with van der Waals surface area (Å²) in [7, 11) is 0. The van der Waals surface area contributed by atoms with Gasteiger partial charge in [-0.2, -0.15) is 0 Å². The summed E-state index contributed by atoms with van der Waals surface area (Å²) in [6.07, 6.45) is 12.5. The van der Waals surface area contributed by atoms with Gasteiger partial charge in [0.2, 0.25) is 0 Å². The van der Waals surface area contributed by atoms with Gasteiger partial charge in [0.1, 0.15) is 0 Å². The molecule has 2 fully saturated rings. The third kappa shape index (κ3) is 2.52. The Kier molecular flexibility index (Phi) is 3.81. The van der Waals surface area contributed by atoms with Gasteiger partial charge in [-0.25, -0.2) is 0 Å². The molecule has 1 spiro atoms. The first-order valence-electron chi connectivity index (χ1n) is 8.18.